The normalized spacial score (nSPS) is 23.0. The Morgan fingerprint density at radius 2 is 1.95 bits per heavy atom. The lowest BCUT2D eigenvalue weighted by atomic mass is 9.99. The average molecular weight is 259 g/mol. The fraction of sp³-hybridized carbons (Fsp3) is 0.167. The SMILES string of the molecule is NC1=C(N=Nc2ccccc2)C=CC(N)([N+](=O)[O-])C1. The van der Waals surface area contributed by atoms with Crippen LogP contribution in [0.25, 0.3) is 0 Å². The van der Waals surface area contributed by atoms with E-state index in [2.05, 4.69) is 10.2 Å². The summed E-state index contributed by atoms with van der Waals surface area (Å²) in [6.07, 6.45) is 2.62. The van der Waals surface area contributed by atoms with Gasteiger partial charge in [0.25, 0.3) is 5.66 Å². The van der Waals surface area contributed by atoms with E-state index < -0.39 is 10.6 Å². The van der Waals surface area contributed by atoms with E-state index in [-0.39, 0.29) is 12.1 Å². The fourth-order valence-corrected chi connectivity index (χ4v) is 1.61. The molecule has 7 heteroatoms. The second-order valence-corrected chi connectivity index (χ2v) is 4.20. The molecular weight excluding hydrogens is 246 g/mol. The third-order valence-corrected chi connectivity index (χ3v) is 2.70. The van der Waals surface area contributed by atoms with Crippen molar-refractivity contribution in [2.24, 2.45) is 21.7 Å². The molecule has 0 aromatic heterocycles. The average Bonchev–Trinajstić information content (AvgIpc) is 2.39. The number of benzene rings is 1. The molecule has 0 heterocycles. The van der Waals surface area contributed by atoms with Crippen molar-refractivity contribution in [1.82, 2.24) is 0 Å². The van der Waals surface area contributed by atoms with Crippen LogP contribution in [0.15, 0.2) is 64.1 Å². The van der Waals surface area contributed by atoms with Crippen molar-refractivity contribution in [2.45, 2.75) is 12.1 Å². The number of nitro groups is 1. The molecule has 1 aliphatic rings. The van der Waals surface area contributed by atoms with E-state index in [4.69, 9.17) is 11.5 Å². The lowest BCUT2D eigenvalue weighted by molar-refractivity contribution is -0.553. The van der Waals surface area contributed by atoms with Gasteiger partial charge < -0.3 is 5.73 Å². The van der Waals surface area contributed by atoms with Crippen LogP contribution in [-0.2, 0) is 0 Å². The van der Waals surface area contributed by atoms with Crippen molar-refractivity contribution in [3.05, 3.63) is 64.0 Å². The van der Waals surface area contributed by atoms with Crippen LogP contribution in [0.5, 0.6) is 0 Å². The van der Waals surface area contributed by atoms with Gasteiger partial charge in [-0.1, -0.05) is 18.2 Å². The summed E-state index contributed by atoms with van der Waals surface area (Å²) in [5, 5.41) is 18.8. The molecule has 1 unspecified atom stereocenters. The molecule has 0 spiro atoms. The smallest absolute Gasteiger partial charge is 0.297 e. The molecule has 0 aliphatic heterocycles. The van der Waals surface area contributed by atoms with Crippen LogP contribution in [0, 0.1) is 10.1 Å². The molecule has 98 valence electrons. The Morgan fingerprint density at radius 1 is 1.26 bits per heavy atom. The highest BCUT2D eigenvalue weighted by molar-refractivity contribution is 5.36. The molecule has 2 rings (SSSR count). The van der Waals surface area contributed by atoms with E-state index in [0.717, 1.165) is 0 Å². The number of nitrogens with two attached hydrogens (primary N) is 2. The highest BCUT2D eigenvalue weighted by atomic mass is 16.6. The highest BCUT2D eigenvalue weighted by Crippen LogP contribution is 2.24. The molecule has 19 heavy (non-hydrogen) atoms. The van der Waals surface area contributed by atoms with Crippen molar-refractivity contribution in [3.8, 4) is 0 Å². The van der Waals surface area contributed by atoms with Gasteiger partial charge in [-0.05, 0) is 18.2 Å². The first-order chi connectivity index (χ1) is 9.01. The van der Waals surface area contributed by atoms with E-state index in [9.17, 15) is 10.1 Å². The van der Waals surface area contributed by atoms with Crippen molar-refractivity contribution in [3.63, 3.8) is 0 Å². The summed E-state index contributed by atoms with van der Waals surface area (Å²) in [4.78, 5) is 10.2. The Bertz CT molecular complexity index is 579. The summed E-state index contributed by atoms with van der Waals surface area (Å²) in [5.74, 6) is 0. The quantitative estimate of drug-likeness (QED) is 0.372. The number of azo groups is 1. The molecule has 1 atom stereocenters. The molecule has 1 aliphatic carbocycles. The molecular formula is C12H13N5O2. The number of allylic oxidation sites excluding steroid dienone is 1. The Balaban J connectivity index is 2.18. The summed E-state index contributed by atoms with van der Waals surface area (Å²) in [6.45, 7) is 0. The van der Waals surface area contributed by atoms with E-state index in [1.165, 1.54) is 12.2 Å². The van der Waals surface area contributed by atoms with Crippen LogP contribution in [0.2, 0.25) is 0 Å². The Kier molecular flexibility index (Phi) is 3.39. The minimum Gasteiger partial charge on any atom is -0.400 e. The third kappa shape index (κ3) is 2.83. The van der Waals surface area contributed by atoms with Crippen LogP contribution >= 0.6 is 0 Å². The van der Waals surface area contributed by atoms with Gasteiger partial charge in [0, 0.05) is 16.7 Å². The number of rotatable bonds is 3. The van der Waals surface area contributed by atoms with Gasteiger partial charge in [0.05, 0.1) is 12.1 Å². The van der Waals surface area contributed by atoms with E-state index in [1.54, 1.807) is 12.1 Å². The van der Waals surface area contributed by atoms with Crippen molar-refractivity contribution >= 4 is 5.69 Å². The van der Waals surface area contributed by atoms with Gasteiger partial charge in [0.15, 0.2) is 0 Å². The predicted molar refractivity (Wildman–Crippen MR) is 69.8 cm³/mol. The third-order valence-electron chi connectivity index (χ3n) is 2.70. The molecule has 0 amide bonds. The standard InChI is InChI=1S/C12H13N5O2/c13-10-8-12(14,17(18)19)7-6-11(10)16-15-9-4-2-1-3-5-9/h1-7H,8,13-14H2. The Morgan fingerprint density at radius 3 is 2.53 bits per heavy atom. The van der Waals surface area contributed by atoms with Crippen LogP contribution < -0.4 is 11.5 Å². The van der Waals surface area contributed by atoms with Crippen molar-refractivity contribution in [2.75, 3.05) is 0 Å². The van der Waals surface area contributed by atoms with Gasteiger partial charge >= 0.3 is 0 Å². The molecule has 0 fully saturated rings. The number of nitrogens with zero attached hydrogens (tertiary/aromatic N) is 3. The van der Waals surface area contributed by atoms with Gasteiger partial charge in [-0.15, -0.1) is 5.11 Å². The monoisotopic (exact) mass is 259 g/mol. The van der Waals surface area contributed by atoms with E-state index in [1.807, 2.05) is 18.2 Å². The summed E-state index contributed by atoms with van der Waals surface area (Å²) in [5.41, 5.74) is 11.0. The molecule has 1 aromatic rings. The second kappa shape index (κ2) is 4.99. The van der Waals surface area contributed by atoms with Crippen LogP contribution in [-0.4, -0.2) is 10.6 Å². The van der Waals surface area contributed by atoms with Gasteiger partial charge in [0.2, 0.25) is 0 Å². The van der Waals surface area contributed by atoms with Gasteiger partial charge in [-0.2, -0.15) is 5.11 Å². The van der Waals surface area contributed by atoms with Crippen LogP contribution in [0.1, 0.15) is 6.42 Å². The van der Waals surface area contributed by atoms with Crippen molar-refractivity contribution < 1.29 is 4.92 Å². The first kappa shape index (κ1) is 12.9. The largest absolute Gasteiger partial charge is 0.400 e. The highest BCUT2D eigenvalue weighted by Gasteiger charge is 2.38. The zero-order valence-corrected chi connectivity index (χ0v) is 10.1. The minimum atomic E-state index is -1.66. The second-order valence-electron chi connectivity index (χ2n) is 4.20. The molecule has 0 saturated heterocycles. The van der Waals surface area contributed by atoms with E-state index in [0.29, 0.717) is 11.4 Å². The lowest BCUT2D eigenvalue weighted by Crippen LogP contribution is -2.48. The zero-order chi connectivity index (χ0) is 13.9. The van der Waals surface area contributed by atoms with E-state index >= 15 is 0 Å². The molecule has 0 saturated carbocycles. The summed E-state index contributed by atoms with van der Waals surface area (Å²) < 4.78 is 0. The van der Waals surface area contributed by atoms with Gasteiger partial charge in [-0.25, -0.2) is 0 Å². The van der Waals surface area contributed by atoms with Gasteiger partial charge in [0.1, 0.15) is 5.70 Å². The van der Waals surface area contributed by atoms with Crippen LogP contribution in [0.3, 0.4) is 0 Å². The van der Waals surface area contributed by atoms with Gasteiger partial charge in [-0.3, -0.25) is 15.8 Å². The first-order valence-corrected chi connectivity index (χ1v) is 5.59. The molecule has 0 radical (unpaired) electrons. The maximum atomic E-state index is 10.8. The number of hydrogen-bond donors (Lipinski definition) is 2. The summed E-state index contributed by atoms with van der Waals surface area (Å²) in [7, 11) is 0. The fourth-order valence-electron chi connectivity index (χ4n) is 1.61. The molecule has 7 nitrogen and oxygen atoms in total. The Labute approximate surface area is 109 Å². The maximum Gasteiger partial charge on any atom is 0.297 e. The van der Waals surface area contributed by atoms with Crippen molar-refractivity contribution in [1.29, 1.82) is 0 Å². The van der Waals surface area contributed by atoms with Crippen LogP contribution in [0.4, 0.5) is 5.69 Å². The Hall–Kier alpha value is -2.54. The zero-order valence-electron chi connectivity index (χ0n) is 10.1. The summed E-state index contributed by atoms with van der Waals surface area (Å²) in [6, 6.07) is 9.11. The lowest BCUT2D eigenvalue weighted by Gasteiger charge is -2.20. The topological polar surface area (TPSA) is 120 Å². The minimum absolute atomic E-state index is 0.0837. The molecule has 0 bridgehead atoms. The molecule has 4 N–H and O–H groups in total. The predicted octanol–water partition coefficient (Wildman–Crippen LogP) is 1.83. The maximum absolute atomic E-state index is 10.8. The number of hydrogen-bond acceptors (Lipinski definition) is 6. The molecule has 1 aromatic carbocycles. The summed E-state index contributed by atoms with van der Waals surface area (Å²) >= 11 is 0. The first-order valence-electron chi connectivity index (χ1n) is 5.59.